The van der Waals surface area contributed by atoms with Crippen LogP contribution in [0.3, 0.4) is 0 Å². The summed E-state index contributed by atoms with van der Waals surface area (Å²) in [6, 6.07) is 11.3. The average Bonchev–Trinajstić information content (AvgIpc) is 3.38. The Hall–Kier alpha value is -2.14. The number of hydrogen-bond acceptors (Lipinski definition) is 4. The Morgan fingerprint density at radius 3 is 2.45 bits per heavy atom. The summed E-state index contributed by atoms with van der Waals surface area (Å²) in [5.74, 6) is 1.99. The maximum absolute atomic E-state index is 12.6. The highest BCUT2D eigenvalue weighted by molar-refractivity contribution is 5.96. The third kappa shape index (κ3) is 4.72. The molecule has 5 nitrogen and oxygen atoms in total. The first kappa shape index (κ1) is 20.1. The maximum Gasteiger partial charge on any atom is 0.257 e. The largest absolute Gasteiger partial charge is 0.361 e. The number of benzene rings is 1. The third-order valence-electron chi connectivity index (χ3n) is 6.83. The molecule has 0 bridgehead atoms. The van der Waals surface area contributed by atoms with E-state index in [1.807, 2.05) is 6.92 Å². The number of hydrogen-bond donors (Lipinski definition) is 1. The van der Waals surface area contributed by atoms with Gasteiger partial charge in [0.2, 0.25) is 0 Å². The molecule has 29 heavy (non-hydrogen) atoms. The van der Waals surface area contributed by atoms with E-state index in [1.165, 1.54) is 31.2 Å². The number of carbonyl (C=O) groups excluding carboxylic acids is 1. The SMILES string of the molecule is Cc1noc(C)c1C(=O)NC1CCN(CC(c2ccccc2)C2CCCC2)CC1. The molecule has 1 unspecified atom stereocenters. The van der Waals surface area contributed by atoms with Crippen LogP contribution in [0.15, 0.2) is 34.9 Å². The summed E-state index contributed by atoms with van der Waals surface area (Å²) in [6.45, 7) is 6.84. The molecule has 2 aromatic rings. The molecule has 1 saturated heterocycles. The number of likely N-dealkylation sites (tertiary alicyclic amines) is 1. The zero-order valence-corrected chi connectivity index (χ0v) is 17.7. The van der Waals surface area contributed by atoms with Gasteiger partial charge >= 0.3 is 0 Å². The smallest absolute Gasteiger partial charge is 0.257 e. The molecule has 1 amide bonds. The first-order valence-corrected chi connectivity index (χ1v) is 11.1. The molecule has 4 rings (SSSR count). The molecule has 1 aromatic heterocycles. The van der Waals surface area contributed by atoms with E-state index in [1.54, 1.807) is 6.92 Å². The van der Waals surface area contributed by atoms with Crippen molar-refractivity contribution in [3.05, 3.63) is 52.9 Å². The molecule has 1 aliphatic carbocycles. The van der Waals surface area contributed by atoms with Crippen LogP contribution in [-0.4, -0.2) is 41.6 Å². The van der Waals surface area contributed by atoms with Crippen molar-refractivity contribution >= 4 is 5.91 Å². The zero-order chi connectivity index (χ0) is 20.2. The Balaban J connectivity index is 1.33. The minimum atomic E-state index is -0.0483. The number of carbonyl (C=O) groups is 1. The van der Waals surface area contributed by atoms with Crippen molar-refractivity contribution in [1.82, 2.24) is 15.4 Å². The Morgan fingerprint density at radius 2 is 1.83 bits per heavy atom. The monoisotopic (exact) mass is 395 g/mol. The van der Waals surface area contributed by atoms with Crippen LogP contribution in [0.1, 0.15) is 71.8 Å². The highest BCUT2D eigenvalue weighted by atomic mass is 16.5. The Labute approximate surface area is 173 Å². The van der Waals surface area contributed by atoms with E-state index in [4.69, 9.17) is 4.52 Å². The number of nitrogens with one attached hydrogen (secondary N) is 1. The van der Waals surface area contributed by atoms with Crippen molar-refractivity contribution in [2.45, 2.75) is 64.3 Å². The van der Waals surface area contributed by atoms with Gasteiger partial charge in [0.05, 0.1) is 5.69 Å². The lowest BCUT2D eigenvalue weighted by Gasteiger charge is -2.36. The normalized spacial score (nSPS) is 20.1. The molecule has 0 spiro atoms. The van der Waals surface area contributed by atoms with Crippen LogP contribution in [0.5, 0.6) is 0 Å². The van der Waals surface area contributed by atoms with E-state index in [2.05, 4.69) is 45.7 Å². The zero-order valence-electron chi connectivity index (χ0n) is 17.7. The number of amides is 1. The topological polar surface area (TPSA) is 58.4 Å². The number of aromatic nitrogens is 1. The Morgan fingerprint density at radius 1 is 1.14 bits per heavy atom. The van der Waals surface area contributed by atoms with Crippen molar-refractivity contribution < 1.29 is 9.32 Å². The van der Waals surface area contributed by atoms with Crippen LogP contribution in [0, 0.1) is 19.8 Å². The second-order valence-corrected chi connectivity index (χ2v) is 8.81. The average molecular weight is 396 g/mol. The molecular weight excluding hydrogens is 362 g/mol. The molecule has 156 valence electrons. The van der Waals surface area contributed by atoms with Gasteiger partial charge in [-0.1, -0.05) is 48.3 Å². The third-order valence-corrected chi connectivity index (χ3v) is 6.83. The fourth-order valence-corrected chi connectivity index (χ4v) is 5.19. The summed E-state index contributed by atoms with van der Waals surface area (Å²) in [6.07, 6.45) is 7.49. The van der Waals surface area contributed by atoms with Gasteiger partial charge < -0.3 is 14.7 Å². The fourth-order valence-electron chi connectivity index (χ4n) is 5.19. The maximum atomic E-state index is 12.6. The highest BCUT2D eigenvalue weighted by Crippen LogP contribution is 2.38. The molecule has 1 saturated carbocycles. The van der Waals surface area contributed by atoms with Crippen molar-refractivity contribution in [2.24, 2.45) is 5.92 Å². The van der Waals surface area contributed by atoms with Crippen molar-refractivity contribution in [3.8, 4) is 0 Å². The van der Waals surface area contributed by atoms with E-state index in [0.717, 1.165) is 38.4 Å². The van der Waals surface area contributed by atoms with E-state index in [9.17, 15) is 4.79 Å². The summed E-state index contributed by atoms with van der Waals surface area (Å²) in [7, 11) is 0. The quantitative estimate of drug-likeness (QED) is 0.784. The van der Waals surface area contributed by atoms with E-state index in [-0.39, 0.29) is 11.9 Å². The summed E-state index contributed by atoms with van der Waals surface area (Å²) < 4.78 is 5.14. The van der Waals surface area contributed by atoms with Crippen LogP contribution in [0.2, 0.25) is 0 Å². The molecule has 0 radical (unpaired) electrons. The van der Waals surface area contributed by atoms with Gasteiger partial charge in [0.15, 0.2) is 0 Å². The van der Waals surface area contributed by atoms with Gasteiger partial charge in [-0.2, -0.15) is 0 Å². The minimum Gasteiger partial charge on any atom is -0.361 e. The molecule has 2 fully saturated rings. The van der Waals surface area contributed by atoms with Gasteiger partial charge in [0.1, 0.15) is 11.3 Å². The lowest BCUT2D eigenvalue weighted by Crippen LogP contribution is -2.46. The van der Waals surface area contributed by atoms with Gasteiger partial charge in [0.25, 0.3) is 5.91 Å². The lowest BCUT2D eigenvalue weighted by atomic mass is 9.84. The second kappa shape index (κ2) is 9.12. The van der Waals surface area contributed by atoms with Crippen LogP contribution in [0.4, 0.5) is 0 Å². The fraction of sp³-hybridized carbons (Fsp3) is 0.583. The van der Waals surface area contributed by atoms with E-state index in [0.29, 0.717) is 22.9 Å². The molecule has 1 aliphatic heterocycles. The number of nitrogens with zero attached hydrogens (tertiary/aromatic N) is 2. The lowest BCUT2D eigenvalue weighted by molar-refractivity contribution is 0.0904. The van der Waals surface area contributed by atoms with E-state index < -0.39 is 0 Å². The van der Waals surface area contributed by atoms with Crippen LogP contribution >= 0.6 is 0 Å². The van der Waals surface area contributed by atoms with E-state index >= 15 is 0 Å². The number of rotatable bonds is 6. The van der Waals surface area contributed by atoms with Crippen LogP contribution in [0.25, 0.3) is 0 Å². The number of aryl methyl sites for hydroxylation is 2. The highest BCUT2D eigenvalue weighted by Gasteiger charge is 2.30. The molecule has 1 aromatic carbocycles. The van der Waals surface area contributed by atoms with Gasteiger partial charge in [-0.05, 0) is 56.9 Å². The molecule has 1 atom stereocenters. The predicted octanol–water partition coefficient (Wildman–Crippen LogP) is 4.46. The number of piperidine rings is 1. The van der Waals surface area contributed by atoms with Crippen molar-refractivity contribution in [2.75, 3.05) is 19.6 Å². The van der Waals surface area contributed by atoms with Crippen LogP contribution in [-0.2, 0) is 0 Å². The molecule has 1 N–H and O–H groups in total. The van der Waals surface area contributed by atoms with Crippen molar-refractivity contribution in [3.63, 3.8) is 0 Å². The molecule has 5 heteroatoms. The van der Waals surface area contributed by atoms with Gasteiger partial charge in [-0.25, -0.2) is 0 Å². The second-order valence-electron chi connectivity index (χ2n) is 8.81. The first-order chi connectivity index (χ1) is 14.1. The van der Waals surface area contributed by atoms with Gasteiger partial charge in [-0.15, -0.1) is 0 Å². The Bertz CT molecular complexity index is 783. The van der Waals surface area contributed by atoms with Crippen LogP contribution < -0.4 is 5.32 Å². The molecule has 2 heterocycles. The summed E-state index contributed by atoms with van der Waals surface area (Å²) in [5, 5.41) is 7.10. The van der Waals surface area contributed by atoms with Gasteiger partial charge in [-0.3, -0.25) is 4.79 Å². The Kier molecular flexibility index (Phi) is 6.34. The standard InChI is InChI=1S/C24H33N3O2/c1-17-23(18(2)29-26-17)24(28)25-21-12-14-27(15-13-21)16-22(20-10-6-7-11-20)19-8-4-3-5-9-19/h3-5,8-9,20-22H,6-7,10-16H2,1-2H3,(H,25,28). The minimum absolute atomic E-state index is 0.0483. The molecular formula is C24H33N3O2. The van der Waals surface area contributed by atoms with Crippen molar-refractivity contribution in [1.29, 1.82) is 0 Å². The summed E-state index contributed by atoms with van der Waals surface area (Å²) in [4.78, 5) is 15.2. The summed E-state index contributed by atoms with van der Waals surface area (Å²) >= 11 is 0. The summed E-state index contributed by atoms with van der Waals surface area (Å²) in [5.41, 5.74) is 2.76. The van der Waals surface area contributed by atoms with Gasteiger partial charge in [0, 0.05) is 25.7 Å². The first-order valence-electron chi connectivity index (χ1n) is 11.1. The molecule has 2 aliphatic rings. The predicted molar refractivity (Wildman–Crippen MR) is 114 cm³/mol.